The van der Waals surface area contributed by atoms with Gasteiger partial charge in [-0.2, -0.15) is 0 Å². The minimum absolute atomic E-state index is 0.0205. The maximum atomic E-state index is 14.3. The van der Waals surface area contributed by atoms with E-state index in [1.54, 1.807) is 87.4 Å². The predicted molar refractivity (Wildman–Crippen MR) is 395 cm³/mol. The van der Waals surface area contributed by atoms with Crippen LogP contribution >= 0.6 is 11.6 Å². The third-order valence-corrected chi connectivity index (χ3v) is 17.4. The zero-order valence-electron chi connectivity index (χ0n) is 56.4. The van der Waals surface area contributed by atoms with E-state index in [9.17, 15) is 13.2 Å². The first-order chi connectivity index (χ1) is 51.8. The number of fused-ring (bicyclic) bond motifs is 3. The fourth-order valence-corrected chi connectivity index (χ4v) is 11.9. The van der Waals surface area contributed by atoms with Gasteiger partial charge in [0.2, 0.25) is 17.7 Å². The number of nitrogens with two attached hydrogens (primary N) is 1. The maximum absolute atomic E-state index is 14.3. The van der Waals surface area contributed by atoms with Crippen LogP contribution in [0.3, 0.4) is 0 Å². The number of methoxy groups -OCH3 is 2. The monoisotopic (exact) mass is 1430 g/mol. The molecule has 524 valence electrons. The van der Waals surface area contributed by atoms with E-state index in [2.05, 4.69) is 95.4 Å². The van der Waals surface area contributed by atoms with Crippen molar-refractivity contribution < 1.29 is 45.9 Å². The van der Waals surface area contributed by atoms with E-state index in [1.807, 2.05) is 97.1 Å². The highest BCUT2D eigenvalue weighted by Gasteiger charge is 2.25. The number of nitrogens with one attached hydrogen (secondary N) is 2. The summed E-state index contributed by atoms with van der Waals surface area (Å²) in [6.07, 6.45) is 13.6. The molecule has 0 atom stereocenters. The molecule has 0 amide bonds. The number of ether oxygens (including phenoxy) is 2. The molecule has 22 nitrogen and oxygen atoms in total. The molecule has 0 fully saturated rings. The van der Waals surface area contributed by atoms with Crippen LogP contribution in [0, 0.1) is 17.5 Å². The number of nitrogen functional groups attached to an aromatic ring is 1. The van der Waals surface area contributed by atoms with Gasteiger partial charge in [-0.05, 0) is 173 Å². The smallest absolute Gasteiger partial charge is 0.491 e. The van der Waals surface area contributed by atoms with Crippen molar-refractivity contribution in [3.8, 4) is 68.4 Å². The molecule has 14 aromatic rings. The number of benzene rings is 8. The normalized spacial score (nSPS) is 12.1. The lowest BCUT2D eigenvalue weighted by Crippen LogP contribution is -2.32. The topological polar surface area (TPSA) is 303 Å². The Morgan fingerprint density at radius 1 is 0.443 bits per heavy atom. The molecule has 3 aliphatic rings. The Hall–Kier alpha value is -13.3. The molecule has 3 aliphatic carbocycles. The van der Waals surface area contributed by atoms with Crippen molar-refractivity contribution in [3.63, 3.8) is 0 Å². The molecule has 6 heterocycles. The molecule has 8 aromatic carbocycles. The minimum Gasteiger partial charge on any atom is -0.497 e. The minimum atomic E-state index is -1.72. The van der Waals surface area contributed by atoms with Crippen molar-refractivity contribution in [2.45, 2.75) is 32.4 Å². The van der Waals surface area contributed by atoms with Crippen LogP contribution in [-0.4, -0.2) is 91.9 Å². The van der Waals surface area contributed by atoms with Gasteiger partial charge in [0.15, 0.2) is 17.5 Å². The van der Waals surface area contributed by atoms with Crippen LogP contribution in [0.5, 0.6) is 11.5 Å². The molecule has 0 bridgehead atoms. The van der Waals surface area contributed by atoms with Crippen molar-refractivity contribution in [2.75, 3.05) is 30.6 Å². The summed E-state index contributed by atoms with van der Waals surface area (Å²) in [6.45, 7) is 1.10. The van der Waals surface area contributed by atoms with Crippen molar-refractivity contribution in [2.24, 2.45) is 0 Å². The summed E-state index contributed by atoms with van der Waals surface area (Å²) < 4.78 is 68.4. The van der Waals surface area contributed by atoms with Crippen molar-refractivity contribution in [1.29, 1.82) is 0 Å². The molecule has 6 N–H and O–H groups in total. The van der Waals surface area contributed by atoms with E-state index in [0.29, 0.717) is 87.9 Å². The third kappa shape index (κ3) is 16.1. The van der Waals surface area contributed by atoms with Crippen LogP contribution in [-0.2, 0) is 32.4 Å². The van der Waals surface area contributed by atoms with Gasteiger partial charge >= 0.3 is 25.2 Å². The van der Waals surface area contributed by atoms with Crippen LogP contribution in [0.1, 0.15) is 62.0 Å². The van der Waals surface area contributed by atoms with E-state index in [-0.39, 0.29) is 23.1 Å². The van der Waals surface area contributed by atoms with Crippen LogP contribution in [0.4, 0.5) is 31.2 Å². The van der Waals surface area contributed by atoms with Crippen molar-refractivity contribution in [1.82, 2.24) is 60.5 Å². The van der Waals surface area contributed by atoms with E-state index in [4.69, 9.17) is 50.1 Å². The van der Waals surface area contributed by atoms with Gasteiger partial charge in [-0.25, -0.2) is 43.1 Å². The van der Waals surface area contributed by atoms with Gasteiger partial charge in [0.25, 0.3) is 0 Å². The Morgan fingerprint density at radius 3 is 1.23 bits per heavy atom. The van der Waals surface area contributed by atoms with Gasteiger partial charge in [-0.3, -0.25) is 0 Å². The number of allylic oxidation sites excluding steroid dienone is 3. The van der Waals surface area contributed by atoms with Gasteiger partial charge < -0.3 is 49.1 Å². The first-order valence-electron chi connectivity index (χ1n) is 33.0. The van der Waals surface area contributed by atoms with E-state index in [0.717, 1.165) is 103 Å². The van der Waals surface area contributed by atoms with E-state index >= 15 is 0 Å². The van der Waals surface area contributed by atoms with Crippen molar-refractivity contribution in [3.05, 3.63) is 316 Å². The molecule has 0 aliphatic heterocycles. The summed E-state index contributed by atoms with van der Waals surface area (Å²) in [5, 5.41) is 48.1. The first kappa shape index (κ1) is 69.8. The van der Waals surface area contributed by atoms with Crippen LogP contribution in [0.25, 0.3) is 73.6 Å². The molecule has 106 heavy (non-hydrogen) atoms. The Kier molecular flexibility index (Phi) is 21.0. The fourth-order valence-electron chi connectivity index (χ4n) is 11.8. The lowest BCUT2D eigenvalue weighted by molar-refractivity contribution is 0.414. The zero-order chi connectivity index (χ0) is 73.0. The standard InChI is InChI=1S/C29H22FN5O2.C23H18ClN5O2.C21H14FN5O.C6H6BFO2/c1-36-21-11-6-18(7-12-21)17-32-29-35-34-28(37-29)20-9-8-19-10-13-22(24(19)16-20)27-31-15-14-26(33-27)23-4-2-3-5-25(23)30;1-30-17-7-2-14(3-8-17)13-26-23-29-28-22(31-23)16-5-4-15-6-9-18(19(15)12-16)21-25-11-10-20(24)27-21;22-17-4-2-1-3-15(17)18-9-10-24-19(25-18)14-8-7-12-5-6-13(11-16(12)14)20-26-27-21(23)28-20;8-6-4-2-1-3-5(6)7(9)10/h2-9,11-16H,10,17H2,1H3,(H,32,35);2-5,7-12H,6,13H2,1H3,(H,26,29);1-6,8-11H,7H2,(H2,23,27);1-4,9-10H. The SMILES string of the molecule is COc1ccc(CNc2nnc(-c3ccc4c(c3)C(c3nccc(-c5ccccc5F)n3)=CC4)o2)cc1.COc1ccc(CNc2nnc(-c3ccc4c(c3)C(c3nccc(Cl)n3)=CC4)o2)cc1.Nc1nnc(-c2ccc3c(c2)C(c2nccc(-c4ccccc4F)n2)=CC3)o1.OB(O)c1ccccc1F. The Morgan fingerprint density at radius 2 is 0.840 bits per heavy atom. The molecule has 0 saturated carbocycles. The number of rotatable bonds is 17. The molecule has 0 saturated heterocycles. The molecular weight excluding hydrogens is 1370 g/mol. The lowest BCUT2D eigenvalue weighted by atomic mass is 9.80. The number of aromatic nitrogens is 12. The molecule has 0 unspecified atom stereocenters. The summed E-state index contributed by atoms with van der Waals surface area (Å²) >= 11 is 6.04. The summed E-state index contributed by atoms with van der Waals surface area (Å²) in [5.41, 5.74) is 21.2. The number of halogens is 4. The van der Waals surface area contributed by atoms with Crippen LogP contribution in [0.15, 0.2) is 244 Å². The molecular formula is C79H60BClF3N15O7. The number of anilines is 3. The number of hydrogen-bond acceptors (Lipinski definition) is 22. The Bertz CT molecular complexity index is 5600. The van der Waals surface area contributed by atoms with Gasteiger partial charge in [-0.15, -0.1) is 15.3 Å². The molecule has 0 spiro atoms. The summed E-state index contributed by atoms with van der Waals surface area (Å²) in [4.78, 5) is 26.8. The highest BCUT2D eigenvalue weighted by molar-refractivity contribution is 6.58. The Labute approximate surface area is 609 Å². The molecule has 6 aromatic heterocycles. The molecule has 0 radical (unpaired) electrons. The quantitative estimate of drug-likeness (QED) is 0.0418. The third-order valence-electron chi connectivity index (χ3n) is 17.2. The van der Waals surface area contributed by atoms with Gasteiger partial charge in [-0.1, -0.05) is 130 Å². The predicted octanol–water partition coefficient (Wildman–Crippen LogP) is 14.1. The number of nitrogens with zero attached hydrogens (tertiary/aromatic N) is 12. The highest BCUT2D eigenvalue weighted by atomic mass is 35.5. The van der Waals surface area contributed by atoms with E-state index in [1.165, 1.54) is 42.0 Å². The average molecular weight is 1430 g/mol. The van der Waals surface area contributed by atoms with Crippen LogP contribution < -0.4 is 31.3 Å². The summed E-state index contributed by atoms with van der Waals surface area (Å²) in [6, 6.07) is 58.0. The van der Waals surface area contributed by atoms with Crippen LogP contribution in [0.2, 0.25) is 5.15 Å². The van der Waals surface area contributed by atoms with Gasteiger partial charge in [0.1, 0.15) is 34.1 Å². The maximum Gasteiger partial charge on any atom is 0.491 e. The van der Waals surface area contributed by atoms with E-state index < -0.39 is 12.9 Å². The second kappa shape index (κ2) is 31.9. The largest absolute Gasteiger partial charge is 0.497 e. The summed E-state index contributed by atoms with van der Waals surface area (Å²) in [5.74, 6) is 3.29. The van der Waals surface area contributed by atoms with Crippen molar-refractivity contribution >= 4 is 58.9 Å². The van der Waals surface area contributed by atoms with Gasteiger partial charge in [0, 0.05) is 81.7 Å². The lowest BCUT2D eigenvalue weighted by Gasteiger charge is -2.08. The second-order valence-electron chi connectivity index (χ2n) is 23.8. The Balaban J connectivity index is 0.000000126. The second-order valence-corrected chi connectivity index (χ2v) is 24.2. The molecule has 27 heteroatoms. The molecule has 17 rings (SSSR count). The first-order valence-corrected chi connectivity index (χ1v) is 33.4. The number of hydrogen-bond donors (Lipinski definition) is 5. The highest BCUT2D eigenvalue weighted by Crippen LogP contribution is 2.39. The fraction of sp³-hybridized carbons (Fsp3) is 0.0886. The van der Waals surface area contributed by atoms with Gasteiger partial charge in [0.05, 0.1) is 25.6 Å². The summed E-state index contributed by atoms with van der Waals surface area (Å²) in [7, 11) is 1.56. The average Bonchev–Trinajstić information content (AvgIpc) is 1.56. The zero-order valence-corrected chi connectivity index (χ0v) is 57.2.